The van der Waals surface area contributed by atoms with Crippen molar-refractivity contribution in [1.82, 2.24) is 10.3 Å². The van der Waals surface area contributed by atoms with Crippen molar-refractivity contribution in [2.75, 3.05) is 0 Å². The second kappa shape index (κ2) is 6.78. The van der Waals surface area contributed by atoms with Gasteiger partial charge in [0.25, 0.3) is 0 Å². The van der Waals surface area contributed by atoms with Crippen LogP contribution in [0.4, 0.5) is 0 Å². The van der Waals surface area contributed by atoms with Gasteiger partial charge in [0.15, 0.2) is 0 Å². The Morgan fingerprint density at radius 2 is 1.95 bits per heavy atom. The molecule has 0 aromatic carbocycles. The molecular formula is C18H30N2O. The molecule has 2 atom stereocenters. The first-order valence-corrected chi connectivity index (χ1v) is 8.23. The van der Waals surface area contributed by atoms with Crippen LogP contribution in [0.2, 0.25) is 0 Å². The number of aromatic nitrogens is 1. The van der Waals surface area contributed by atoms with E-state index in [0.717, 1.165) is 24.5 Å². The van der Waals surface area contributed by atoms with E-state index >= 15 is 0 Å². The molecule has 1 N–H and O–H groups in total. The normalized spacial score (nSPS) is 23.1. The number of pyridine rings is 1. The lowest BCUT2D eigenvalue weighted by atomic mass is 9.88. The molecule has 1 fully saturated rings. The van der Waals surface area contributed by atoms with Crippen LogP contribution in [0.1, 0.15) is 64.6 Å². The minimum Gasteiger partial charge on any atom is -0.474 e. The Labute approximate surface area is 129 Å². The number of rotatable bonds is 4. The number of nitrogens with one attached hydrogen (secondary N) is 1. The van der Waals surface area contributed by atoms with Gasteiger partial charge in [-0.25, -0.2) is 4.98 Å². The predicted octanol–water partition coefficient (Wildman–Crippen LogP) is 4.24. The largest absolute Gasteiger partial charge is 0.474 e. The minimum atomic E-state index is 0.121. The van der Waals surface area contributed by atoms with Crippen molar-refractivity contribution < 1.29 is 4.74 Å². The van der Waals surface area contributed by atoms with Crippen molar-refractivity contribution in [3.63, 3.8) is 0 Å². The smallest absolute Gasteiger partial charge is 0.214 e. The average Bonchev–Trinajstić information content (AvgIpc) is 2.38. The lowest BCUT2D eigenvalue weighted by Crippen LogP contribution is -2.35. The topological polar surface area (TPSA) is 34.1 Å². The predicted molar refractivity (Wildman–Crippen MR) is 87.6 cm³/mol. The molecule has 21 heavy (non-hydrogen) atoms. The fourth-order valence-corrected chi connectivity index (χ4v) is 2.85. The van der Waals surface area contributed by atoms with Crippen LogP contribution in [0.15, 0.2) is 12.1 Å². The third-order valence-electron chi connectivity index (χ3n) is 4.12. The van der Waals surface area contributed by atoms with Crippen LogP contribution in [-0.4, -0.2) is 16.6 Å². The molecule has 118 valence electrons. The van der Waals surface area contributed by atoms with Crippen molar-refractivity contribution in [3.05, 3.63) is 23.4 Å². The van der Waals surface area contributed by atoms with E-state index in [9.17, 15) is 0 Å². The summed E-state index contributed by atoms with van der Waals surface area (Å²) in [6.45, 7) is 11.7. The van der Waals surface area contributed by atoms with Gasteiger partial charge in [0, 0.05) is 23.8 Å². The molecule has 1 aliphatic carbocycles. The van der Waals surface area contributed by atoms with Gasteiger partial charge in [-0.15, -0.1) is 0 Å². The summed E-state index contributed by atoms with van der Waals surface area (Å²) in [5.74, 6) is 1.43. The minimum absolute atomic E-state index is 0.121. The molecule has 0 spiro atoms. The van der Waals surface area contributed by atoms with E-state index in [4.69, 9.17) is 4.74 Å². The average molecular weight is 290 g/mol. The molecule has 0 bridgehead atoms. The first-order chi connectivity index (χ1) is 9.83. The Morgan fingerprint density at radius 3 is 2.62 bits per heavy atom. The zero-order chi connectivity index (χ0) is 15.5. The second-order valence-corrected chi connectivity index (χ2v) is 7.48. The quantitative estimate of drug-likeness (QED) is 0.900. The maximum Gasteiger partial charge on any atom is 0.214 e. The van der Waals surface area contributed by atoms with Crippen LogP contribution in [0.3, 0.4) is 0 Å². The number of nitrogens with zero attached hydrogens (tertiary/aromatic N) is 1. The van der Waals surface area contributed by atoms with Gasteiger partial charge in [-0.05, 0) is 64.5 Å². The number of aryl methyl sites for hydroxylation is 1. The molecule has 1 saturated carbocycles. The van der Waals surface area contributed by atoms with E-state index in [0.29, 0.717) is 12.0 Å². The van der Waals surface area contributed by atoms with E-state index in [-0.39, 0.29) is 5.54 Å². The van der Waals surface area contributed by atoms with Crippen LogP contribution >= 0.6 is 0 Å². The SMILES string of the molecule is Cc1cc(CNC(C)(C)C)cc(OC2CCCCC2C)n1. The van der Waals surface area contributed by atoms with Crippen LogP contribution in [0, 0.1) is 12.8 Å². The lowest BCUT2D eigenvalue weighted by molar-refractivity contribution is 0.0973. The Morgan fingerprint density at radius 1 is 1.24 bits per heavy atom. The van der Waals surface area contributed by atoms with Crippen LogP contribution in [-0.2, 0) is 6.54 Å². The molecule has 1 aromatic rings. The van der Waals surface area contributed by atoms with Gasteiger partial charge in [0.2, 0.25) is 5.88 Å². The molecule has 1 aliphatic rings. The Kier molecular flexibility index (Phi) is 5.26. The van der Waals surface area contributed by atoms with E-state index in [2.05, 4.69) is 50.1 Å². The highest BCUT2D eigenvalue weighted by molar-refractivity contribution is 5.25. The molecule has 0 aliphatic heterocycles. The van der Waals surface area contributed by atoms with Gasteiger partial charge in [0.05, 0.1) is 0 Å². The summed E-state index contributed by atoms with van der Waals surface area (Å²) >= 11 is 0. The van der Waals surface area contributed by atoms with E-state index in [1.807, 2.05) is 6.92 Å². The summed E-state index contributed by atoms with van der Waals surface area (Å²) in [6, 6.07) is 4.23. The first-order valence-electron chi connectivity index (χ1n) is 8.23. The fourth-order valence-electron chi connectivity index (χ4n) is 2.85. The third-order valence-corrected chi connectivity index (χ3v) is 4.12. The monoisotopic (exact) mass is 290 g/mol. The zero-order valence-corrected chi connectivity index (χ0v) is 14.2. The summed E-state index contributed by atoms with van der Waals surface area (Å²) in [7, 11) is 0. The van der Waals surface area contributed by atoms with Crippen molar-refractivity contribution in [1.29, 1.82) is 0 Å². The van der Waals surface area contributed by atoms with Crippen LogP contribution < -0.4 is 10.1 Å². The van der Waals surface area contributed by atoms with Crippen molar-refractivity contribution in [3.8, 4) is 5.88 Å². The molecular weight excluding hydrogens is 260 g/mol. The Hall–Kier alpha value is -1.09. The fraction of sp³-hybridized carbons (Fsp3) is 0.722. The summed E-state index contributed by atoms with van der Waals surface area (Å²) in [5.41, 5.74) is 2.40. The molecule has 0 radical (unpaired) electrons. The maximum atomic E-state index is 6.18. The zero-order valence-electron chi connectivity index (χ0n) is 14.2. The number of hydrogen-bond donors (Lipinski definition) is 1. The van der Waals surface area contributed by atoms with Gasteiger partial charge in [-0.3, -0.25) is 0 Å². The van der Waals surface area contributed by atoms with Crippen LogP contribution in [0.25, 0.3) is 0 Å². The van der Waals surface area contributed by atoms with E-state index < -0.39 is 0 Å². The first kappa shape index (κ1) is 16.3. The van der Waals surface area contributed by atoms with Crippen molar-refractivity contribution >= 4 is 0 Å². The summed E-state index contributed by atoms with van der Waals surface area (Å²) in [5, 5.41) is 3.52. The standard InChI is InChI=1S/C18H30N2O/c1-13-8-6-7-9-16(13)21-17-11-15(10-14(2)20-17)12-19-18(3,4)5/h10-11,13,16,19H,6-9,12H2,1-5H3. The third kappa shape index (κ3) is 5.31. The summed E-state index contributed by atoms with van der Waals surface area (Å²) in [4.78, 5) is 4.56. The maximum absolute atomic E-state index is 6.18. The summed E-state index contributed by atoms with van der Waals surface area (Å²) < 4.78 is 6.18. The van der Waals surface area contributed by atoms with Crippen molar-refractivity contribution in [2.45, 2.75) is 78.5 Å². The van der Waals surface area contributed by atoms with Gasteiger partial charge >= 0.3 is 0 Å². The highest BCUT2D eigenvalue weighted by Crippen LogP contribution is 2.27. The van der Waals surface area contributed by atoms with Gasteiger partial charge in [0.1, 0.15) is 6.10 Å². The van der Waals surface area contributed by atoms with Crippen LogP contribution in [0.5, 0.6) is 5.88 Å². The molecule has 3 nitrogen and oxygen atoms in total. The molecule has 0 saturated heterocycles. The molecule has 2 unspecified atom stereocenters. The van der Waals surface area contributed by atoms with Gasteiger partial charge in [-0.2, -0.15) is 0 Å². The highest BCUT2D eigenvalue weighted by atomic mass is 16.5. The lowest BCUT2D eigenvalue weighted by Gasteiger charge is -2.29. The molecule has 3 heteroatoms. The molecule has 1 aromatic heterocycles. The van der Waals surface area contributed by atoms with E-state index in [1.54, 1.807) is 0 Å². The molecule has 0 amide bonds. The number of hydrogen-bond acceptors (Lipinski definition) is 3. The molecule has 2 rings (SSSR count). The summed E-state index contributed by atoms with van der Waals surface area (Å²) in [6.07, 6.45) is 5.38. The highest BCUT2D eigenvalue weighted by Gasteiger charge is 2.23. The van der Waals surface area contributed by atoms with Gasteiger partial charge in [-0.1, -0.05) is 13.3 Å². The molecule has 1 heterocycles. The number of ether oxygens (including phenoxy) is 1. The second-order valence-electron chi connectivity index (χ2n) is 7.48. The van der Waals surface area contributed by atoms with Gasteiger partial charge < -0.3 is 10.1 Å². The Balaban J connectivity index is 2.04. The Bertz CT molecular complexity index is 465. The van der Waals surface area contributed by atoms with E-state index in [1.165, 1.54) is 24.8 Å². The van der Waals surface area contributed by atoms with Crippen molar-refractivity contribution in [2.24, 2.45) is 5.92 Å².